The number of nitrogens with zero attached hydrogens (tertiary/aromatic N) is 2. The van der Waals surface area contributed by atoms with Gasteiger partial charge in [-0.05, 0) is 56.5 Å². The maximum absolute atomic E-state index is 13.2. The van der Waals surface area contributed by atoms with E-state index in [1.165, 1.54) is 13.0 Å². The van der Waals surface area contributed by atoms with Crippen molar-refractivity contribution in [1.29, 1.82) is 0 Å². The summed E-state index contributed by atoms with van der Waals surface area (Å²) in [5.41, 5.74) is 5.49. The molecule has 2 bridgehead atoms. The first-order valence-corrected chi connectivity index (χ1v) is 15.8. The minimum Gasteiger partial charge on any atom is -0.504 e. The molecule has 0 aliphatic carbocycles. The molecule has 0 saturated carbocycles. The average molecular weight is 642 g/mol. The zero-order valence-corrected chi connectivity index (χ0v) is 27.1. The number of benzene rings is 3. The smallest absolute Gasteiger partial charge is 0.308 e. The van der Waals surface area contributed by atoms with E-state index in [2.05, 4.69) is 10.2 Å². The Hall–Kier alpha value is -4.58. The van der Waals surface area contributed by atoms with Crippen molar-refractivity contribution in [3.8, 4) is 28.7 Å². The first-order chi connectivity index (χ1) is 22.6. The lowest BCUT2D eigenvalue weighted by molar-refractivity contribution is -0.172. The summed E-state index contributed by atoms with van der Waals surface area (Å²) < 4.78 is 23.4. The Morgan fingerprint density at radius 3 is 2.53 bits per heavy atom. The molecule has 7 rings (SSSR count). The molecular weight excluding hydrogens is 602 g/mol. The van der Waals surface area contributed by atoms with Crippen molar-refractivity contribution in [3.63, 3.8) is 0 Å². The van der Waals surface area contributed by atoms with Crippen molar-refractivity contribution in [1.82, 2.24) is 15.1 Å². The van der Waals surface area contributed by atoms with E-state index in [4.69, 9.17) is 18.9 Å². The number of likely N-dealkylation sites (N-methyl/N-ethyl adjacent to an activating group) is 1. The van der Waals surface area contributed by atoms with Gasteiger partial charge < -0.3 is 34.5 Å². The summed E-state index contributed by atoms with van der Waals surface area (Å²) in [4.78, 5) is 29.8. The van der Waals surface area contributed by atoms with Crippen LogP contribution < -0.4 is 24.3 Å². The highest BCUT2D eigenvalue weighted by atomic mass is 16.7. The van der Waals surface area contributed by atoms with Gasteiger partial charge >= 0.3 is 5.97 Å². The number of aliphatic hydroxyl groups excluding tert-OH is 1. The van der Waals surface area contributed by atoms with Crippen LogP contribution in [0.1, 0.15) is 58.0 Å². The van der Waals surface area contributed by atoms with Crippen LogP contribution in [-0.4, -0.2) is 77.7 Å². The van der Waals surface area contributed by atoms with Gasteiger partial charge in [-0.3, -0.25) is 19.4 Å². The number of phenols is 1. The number of aryl methyl sites for hydroxylation is 1. The number of fused-ring (bicyclic) bond motifs is 9. The van der Waals surface area contributed by atoms with Gasteiger partial charge in [-0.2, -0.15) is 0 Å². The summed E-state index contributed by atoms with van der Waals surface area (Å²) in [6, 6.07) is 9.92. The number of piperazine rings is 1. The van der Waals surface area contributed by atoms with Crippen molar-refractivity contribution in [2.24, 2.45) is 0 Å². The summed E-state index contributed by atoms with van der Waals surface area (Å²) in [7, 11) is 3.50. The minimum atomic E-state index is -0.940. The molecule has 4 heterocycles. The van der Waals surface area contributed by atoms with Gasteiger partial charge in [0.1, 0.15) is 12.0 Å². The van der Waals surface area contributed by atoms with Crippen molar-refractivity contribution >= 4 is 18.0 Å². The molecule has 0 radical (unpaired) electrons. The van der Waals surface area contributed by atoms with E-state index in [-0.39, 0.29) is 37.1 Å². The number of methoxy groups -OCH3 is 1. The van der Waals surface area contributed by atoms with Crippen LogP contribution in [0.15, 0.2) is 42.5 Å². The van der Waals surface area contributed by atoms with Crippen LogP contribution in [0, 0.1) is 13.8 Å². The molecule has 3 N–H and O–H groups in total. The second-order valence-corrected chi connectivity index (χ2v) is 12.7. The number of rotatable bonds is 6. The molecule has 47 heavy (non-hydrogen) atoms. The fraction of sp³-hybridized carbons (Fsp3) is 0.389. The van der Waals surface area contributed by atoms with E-state index in [1.807, 2.05) is 62.2 Å². The first kappa shape index (κ1) is 31.0. The highest BCUT2D eigenvalue weighted by molar-refractivity contribution is 5.91. The van der Waals surface area contributed by atoms with Gasteiger partial charge in [-0.25, -0.2) is 0 Å². The highest BCUT2D eigenvalue weighted by Gasteiger charge is 2.56. The molecule has 11 heteroatoms. The van der Waals surface area contributed by atoms with E-state index in [1.54, 1.807) is 13.2 Å². The standard InChI is InChI=1S/C36H39N3O8/c1-18-13-22-14-25-36(43)39-24(30(38(25)4)28(22)31(42)32(18)44-5)15-23-29(35-34(45-17-46-35)19(2)33(23)47-20(3)40)26(39)16-37-27(41)12-11-21-9-7-6-8-10-21/h6-13,24-26,30,36,42-43H,14-17H2,1-5H3,(H,37,41)/b12-11+/t24?,25-,26+,30+,36+/m1/s1. The van der Waals surface area contributed by atoms with Crippen LogP contribution >= 0.6 is 0 Å². The number of nitrogens with one attached hydrogen (secondary N) is 1. The predicted octanol–water partition coefficient (Wildman–Crippen LogP) is 3.70. The van der Waals surface area contributed by atoms with Crippen molar-refractivity contribution in [3.05, 3.63) is 81.4 Å². The van der Waals surface area contributed by atoms with E-state index in [9.17, 15) is 19.8 Å². The van der Waals surface area contributed by atoms with Crippen molar-refractivity contribution in [2.45, 2.75) is 64.0 Å². The number of phenolic OH excluding ortho intramolecular Hbond substituents is 1. The molecule has 246 valence electrons. The fourth-order valence-corrected chi connectivity index (χ4v) is 8.11. The normalized spacial score (nSPS) is 24.3. The second-order valence-electron chi connectivity index (χ2n) is 12.7. The average Bonchev–Trinajstić information content (AvgIpc) is 3.54. The lowest BCUT2D eigenvalue weighted by Gasteiger charge is -2.60. The number of hydrogen-bond acceptors (Lipinski definition) is 10. The number of aliphatic hydroxyl groups is 1. The number of ether oxygens (including phenoxy) is 4. The number of esters is 1. The second kappa shape index (κ2) is 11.9. The number of amides is 1. The molecule has 11 nitrogen and oxygen atoms in total. The molecule has 5 atom stereocenters. The molecule has 0 spiro atoms. The maximum Gasteiger partial charge on any atom is 0.308 e. The number of carbonyl (C=O) groups excluding carboxylic acids is 2. The Balaban J connectivity index is 1.37. The molecular formula is C36H39N3O8. The number of hydrogen-bond donors (Lipinski definition) is 3. The van der Waals surface area contributed by atoms with Crippen molar-refractivity contribution in [2.75, 3.05) is 27.5 Å². The van der Waals surface area contributed by atoms with Crippen LogP contribution in [0.25, 0.3) is 6.08 Å². The molecule has 0 aromatic heterocycles. The Bertz CT molecular complexity index is 1790. The molecule has 4 aliphatic heterocycles. The Labute approximate surface area is 273 Å². The van der Waals surface area contributed by atoms with Gasteiger partial charge in [0.15, 0.2) is 23.0 Å². The third-order valence-corrected chi connectivity index (χ3v) is 10.0. The fourth-order valence-electron chi connectivity index (χ4n) is 8.11. The lowest BCUT2D eigenvalue weighted by Crippen LogP contribution is -2.69. The SMILES string of the molecule is COc1c(C)cc2c(c1O)[C@@H]1C3Cc4c(OC(C)=O)c(C)c5c(c4[C@H](CNC(=O)/C=C/c4ccccc4)N3[C@@H](O)[C@@H](C2)N1C)OCO5. The molecule has 1 fully saturated rings. The lowest BCUT2D eigenvalue weighted by atomic mass is 9.73. The van der Waals surface area contributed by atoms with Crippen LogP contribution in [0.3, 0.4) is 0 Å². The summed E-state index contributed by atoms with van der Waals surface area (Å²) in [6.45, 7) is 5.20. The van der Waals surface area contributed by atoms with Crippen molar-refractivity contribution < 1.29 is 38.7 Å². The first-order valence-electron chi connectivity index (χ1n) is 15.8. The van der Waals surface area contributed by atoms with E-state index in [0.717, 1.165) is 27.8 Å². The molecule has 1 unspecified atom stereocenters. The summed E-state index contributed by atoms with van der Waals surface area (Å²) >= 11 is 0. The maximum atomic E-state index is 13.2. The van der Waals surface area contributed by atoms with E-state index >= 15 is 0 Å². The Morgan fingerprint density at radius 1 is 1.06 bits per heavy atom. The van der Waals surface area contributed by atoms with Gasteiger partial charge in [0, 0.05) is 47.8 Å². The monoisotopic (exact) mass is 641 g/mol. The quantitative estimate of drug-likeness (QED) is 0.208. The van der Waals surface area contributed by atoms with Gasteiger partial charge in [0.05, 0.1) is 25.2 Å². The molecule has 3 aromatic rings. The summed E-state index contributed by atoms with van der Waals surface area (Å²) in [5.74, 6) is 1.10. The molecule has 1 saturated heterocycles. The Kier molecular flexibility index (Phi) is 7.86. The van der Waals surface area contributed by atoms with E-state index in [0.29, 0.717) is 47.0 Å². The molecule has 1 amide bonds. The third-order valence-electron chi connectivity index (χ3n) is 10.0. The minimum absolute atomic E-state index is 0.00854. The van der Waals surface area contributed by atoms with Gasteiger partial charge in [0.2, 0.25) is 12.7 Å². The number of aromatic hydroxyl groups is 1. The van der Waals surface area contributed by atoms with Crippen LogP contribution in [0.2, 0.25) is 0 Å². The highest BCUT2D eigenvalue weighted by Crippen LogP contribution is 2.58. The van der Waals surface area contributed by atoms with Crippen LogP contribution in [0.5, 0.6) is 28.7 Å². The largest absolute Gasteiger partial charge is 0.504 e. The zero-order valence-electron chi connectivity index (χ0n) is 27.1. The molecule has 3 aromatic carbocycles. The van der Waals surface area contributed by atoms with Gasteiger partial charge in [-0.15, -0.1) is 0 Å². The third kappa shape index (κ3) is 5.00. The van der Waals surface area contributed by atoms with Gasteiger partial charge in [0.25, 0.3) is 0 Å². The Morgan fingerprint density at radius 2 is 1.81 bits per heavy atom. The topological polar surface area (TPSA) is 130 Å². The molecule has 4 aliphatic rings. The van der Waals surface area contributed by atoms with Crippen LogP contribution in [-0.2, 0) is 22.4 Å². The summed E-state index contributed by atoms with van der Waals surface area (Å²) in [6.07, 6.45) is 3.15. The van der Waals surface area contributed by atoms with Crippen LogP contribution in [0.4, 0.5) is 0 Å². The van der Waals surface area contributed by atoms with Gasteiger partial charge in [-0.1, -0.05) is 36.4 Å². The zero-order chi connectivity index (χ0) is 33.1. The van der Waals surface area contributed by atoms with E-state index < -0.39 is 24.3 Å². The number of carbonyl (C=O) groups is 2. The summed E-state index contributed by atoms with van der Waals surface area (Å²) in [5, 5.41) is 26.9. The predicted molar refractivity (Wildman–Crippen MR) is 173 cm³/mol.